The molecule has 3 N–H and O–H groups in total. The van der Waals surface area contributed by atoms with E-state index in [1.807, 2.05) is 31.4 Å². The molecule has 8 nitrogen and oxygen atoms in total. The van der Waals surface area contributed by atoms with Crippen LogP contribution in [0.25, 0.3) is 10.6 Å². The van der Waals surface area contributed by atoms with Crippen molar-refractivity contribution in [3.63, 3.8) is 0 Å². The third-order valence-electron chi connectivity index (χ3n) is 4.24. The van der Waals surface area contributed by atoms with Gasteiger partial charge in [0.15, 0.2) is 10.8 Å². The van der Waals surface area contributed by atoms with E-state index in [9.17, 15) is 9.59 Å². The third kappa shape index (κ3) is 3.92. The van der Waals surface area contributed by atoms with Gasteiger partial charge in [0.1, 0.15) is 0 Å². The molecule has 0 unspecified atom stereocenters. The zero-order valence-corrected chi connectivity index (χ0v) is 17.1. The van der Waals surface area contributed by atoms with E-state index in [0.29, 0.717) is 30.3 Å². The fourth-order valence-corrected chi connectivity index (χ4v) is 4.68. The number of rotatable bonds is 4. The SMILES string of the molecule is CC(C)NC(=O)Nc1nc2c(s1)CN(C(=O)c1cc(-c3cccs3)[nH]n1)CC2. The van der Waals surface area contributed by atoms with Gasteiger partial charge in [-0.2, -0.15) is 5.10 Å². The number of amides is 3. The molecule has 3 amide bonds. The molecule has 0 atom stereocenters. The van der Waals surface area contributed by atoms with Gasteiger partial charge in [0.25, 0.3) is 5.91 Å². The molecule has 1 aliphatic heterocycles. The molecule has 3 aromatic heterocycles. The van der Waals surface area contributed by atoms with Gasteiger partial charge in [0, 0.05) is 23.9 Å². The number of nitrogens with one attached hydrogen (secondary N) is 3. The normalized spacial score (nSPS) is 13.5. The first-order valence-corrected chi connectivity index (χ1v) is 10.6. The quantitative estimate of drug-likeness (QED) is 0.607. The summed E-state index contributed by atoms with van der Waals surface area (Å²) in [5.41, 5.74) is 2.19. The van der Waals surface area contributed by atoms with E-state index in [1.54, 1.807) is 22.3 Å². The van der Waals surface area contributed by atoms with E-state index >= 15 is 0 Å². The van der Waals surface area contributed by atoms with Gasteiger partial charge in [0.05, 0.1) is 22.8 Å². The van der Waals surface area contributed by atoms with Crippen LogP contribution in [-0.4, -0.2) is 44.6 Å². The van der Waals surface area contributed by atoms with Gasteiger partial charge in [-0.15, -0.1) is 11.3 Å². The lowest BCUT2D eigenvalue weighted by molar-refractivity contribution is 0.0730. The van der Waals surface area contributed by atoms with Crippen molar-refractivity contribution >= 4 is 39.7 Å². The molecule has 146 valence electrons. The second-order valence-corrected chi connectivity index (χ2v) is 8.79. The first-order chi connectivity index (χ1) is 13.5. The maximum absolute atomic E-state index is 12.8. The molecule has 0 bridgehead atoms. The van der Waals surface area contributed by atoms with Crippen LogP contribution in [0, 0.1) is 0 Å². The molecule has 0 saturated heterocycles. The number of thiazole rings is 1. The monoisotopic (exact) mass is 416 g/mol. The van der Waals surface area contributed by atoms with Gasteiger partial charge < -0.3 is 10.2 Å². The van der Waals surface area contributed by atoms with Gasteiger partial charge in [-0.3, -0.25) is 15.2 Å². The molecule has 0 aliphatic carbocycles. The molecule has 28 heavy (non-hydrogen) atoms. The molecule has 0 saturated carbocycles. The second-order valence-electron chi connectivity index (χ2n) is 6.76. The zero-order chi connectivity index (χ0) is 19.7. The Balaban J connectivity index is 1.44. The Hall–Kier alpha value is -2.72. The largest absolute Gasteiger partial charge is 0.336 e. The van der Waals surface area contributed by atoms with Gasteiger partial charge in [-0.1, -0.05) is 17.4 Å². The minimum absolute atomic E-state index is 0.0515. The van der Waals surface area contributed by atoms with E-state index in [0.717, 1.165) is 21.1 Å². The van der Waals surface area contributed by atoms with Crippen molar-refractivity contribution in [3.05, 3.63) is 39.8 Å². The lowest BCUT2D eigenvalue weighted by Gasteiger charge is -2.25. The standard InChI is InChI=1S/C18H20N6O2S2/c1-10(2)19-17(26)21-18-20-11-5-6-24(9-15(11)28-18)16(25)13-8-12(22-23-13)14-4-3-7-27-14/h3-4,7-8,10H,5-6,9H2,1-2H3,(H,22,23)(H2,19,20,21,26). The minimum Gasteiger partial charge on any atom is -0.336 e. The number of anilines is 1. The van der Waals surface area contributed by atoms with Crippen LogP contribution in [0.15, 0.2) is 23.6 Å². The third-order valence-corrected chi connectivity index (χ3v) is 6.14. The maximum atomic E-state index is 12.8. The molecule has 4 heterocycles. The second kappa shape index (κ2) is 7.72. The number of thiophene rings is 1. The Bertz CT molecular complexity index is 992. The van der Waals surface area contributed by atoms with Crippen molar-refractivity contribution < 1.29 is 9.59 Å². The van der Waals surface area contributed by atoms with Crippen molar-refractivity contribution in [1.29, 1.82) is 0 Å². The molecule has 1 aliphatic rings. The molecule has 4 rings (SSSR count). The number of hydrogen-bond donors (Lipinski definition) is 3. The number of aromatic amines is 1. The molecule has 0 radical (unpaired) electrons. The van der Waals surface area contributed by atoms with Crippen LogP contribution >= 0.6 is 22.7 Å². The molecular weight excluding hydrogens is 396 g/mol. The highest BCUT2D eigenvalue weighted by molar-refractivity contribution is 7.15. The first-order valence-electron chi connectivity index (χ1n) is 8.94. The molecular formula is C18H20N6O2S2. The summed E-state index contributed by atoms with van der Waals surface area (Å²) in [6.45, 7) is 4.85. The van der Waals surface area contributed by atoms with Gasteiger partial charge >= 0.3 is 6.03 Å². The average Bonchev–Trinajstić information content (AvgIpc) is 3.38. The number of aromatic nitrogens is 3. The Morgan fingerprint density at radius 3 is 2.96 bits per heavy atom. The van der Waals surface area contributed by atoms with E-state index in [1.165, 1.54) is 11.3 Å². The highest BCUT2D eigenvalue weighted by Crippen LogP contribution is 2.29. The number of hydrogen-bond acceptors (Lipinski definition) is 6. The summed E-state index contributed by atoms with van der Waals surface area (Å²) in [6.07, 6.45) is 0.660. The maximum Gasteiger partial charge on any atom is 0.321 e. The fraction of sp³-hybridized carbons (Fsp3) is 0.333. The summed E-state index contributed by atoms with van der Waals surface area (Å²) in [6, 6.07) is 5.52. The number of fused-ring (bicyclic) bond motifs is 1. The predicted octanol–water partition coefficient (Wildman–Crippen LogP) is 3.32. The molecule has 10 heteroatoms. The van der Waals surface area contributed by atoms with Crippen LogP contribution in [0.5, 0.6) is 0 Å². The summed E-state index contributed by atoms with van der Waals surface area (Å²) in [5.74, 6) is -0.106. The van der Waals surface area contributed by atoms with Crippen LogP contribution in [0.4, 0.5) is 9.93 Å². The van der Waals surface area contributed by atoms with Crippen LogP contribution in [-0.2, 0) is 13.0 Å². The van der Waals surface area contributed by atoms with E-state index < -0.39 is 0 Å². The summed E-state index contributed by atoms with van der Waals surface area (Å²) < 4.78 is 0. The smallest absolute Gasteiger partial charge is 0.321 e. The van der Waals surface area contributed by atoms with Crippen LogP contribution in [0.1, 0.15) is 34.9 Å². The number of carbonyl (C=O) groups excluding carboxylic acids is 2. The summed E-state index contributed by atoms with van der Waals surface area (Å²) >= 11 is 3.00. The lowest BCUT2D eigenvalue weighted by atomic mass is 10.1. The summed E-state index contributed by atoms with van der Waals surface area (Å²) in [4.78, 5) is 33.0. The molecule has 0 spiro atoms. The van der Waals surface area contributed by atoms with Crippen molar-refractivity contribution in [2.75, 3.05) is 11.9 Å². The summed E-state index contributed by atoms with van der Waals surface area (Å²) in [7, 11) is 0. The van der Waals surface area contributed by atoms with E-state index in [-0.39, 0.29) is 18.0 Å². The first kappa shape index (κ1) is 18.6. The van der Waals surface area contributed by atoms with Gasteiger partial charge in [-0.05, 0) is 31.4 Å². The number of nitrogens with zero attached hydrogens (tertiary/aromatic N) is 3. The Morgan fingerprint density at radius 2 is 2.21 bits per heavy atom. The molecule has 0 fully saturated rings. The van der Waals surface area contributed by atoms with Gasteiger partial charge in [0.2, 0.25) is 0 Å². The fourth-order valence-electron chi connectivity index (χ4n) is 2.97. The van der Waals surface area contributed by atoms with E-state index in [4.69, 9.17) is 0 Å². The molecule has 0 aromatic carbocycles. The Labute approximate surface area is 170 Å². The minimum atomic E-state index is -0.272. The summed E-state index contributed by atoms with van der Waals surface area (Å²) in [5, 5.41) is 15.2. The highest BCUT2D eigenvalue weighted by Gasteiger charge is 2.27. The predicted molar refractivity (Wildman–Crippen MR) is 110 cm³/mol. The van der Waals surface area contributed by atoms with Crippen molar-refractivity contribution in [1.82, 2.24) is 25.4 Å². The topological polar surface area (TPSA) is 103 Å². The zero-order valence-electron chi connectivity index (χ0n) is 15.5. The van der Waals surface area contributed by atoms with Crippen LogP contribution in [0.3, 0.4) is 0 Å². The van der Waals surface area contributed by atoms with Crippen molar-refractivity contribution in [2.24, 2.45) is 0 Å². The number of carbonyl (C=O) groups is 2. The van der Waals surface area contributed by atoms with Crippen LogP contribution in [0.2, 0.25) is 0 Å². The Kier molecular flexibility index (Phi) is 5.14. The highest BCUT2D eigenvalue weighted by atomic mass is 32.1. The van der Waals surface area contributed by atoms with Gasteiger partial charge in [-0.25, -0.2) is 9.78 Å². The van der Waals surface area contributed by atoms with Crippen molar-refractivity contribution in [3.8, 4) is 10.6 Å². The Morgan fingerprint density at radius 1 is 1.36 bits per heavy atom. The number of urea groups is 1. The van der Waals surface area contributed by atoms with Crippen molar-refractivity contribution in [2.45, 2.75) is 32.9 Å². The number of H-pyrrole nitrogens is 1. The van der Waals surface area contributed by atoms with E-state index in [2.05, 4.69) is 25.8 Å². The molecule has 3 aromatic rings. The van der Waals surface area contributed by atoms with Crippen LogP contribution < -0.4 is 10.6 Å². The lowest BCUT2D eigenvalue weighted by Crippen LogP contribution is -2.35. The average molecular weight is 417 g/mol.